The molecule has 0 bridgehead atoms. The maximum Gasteiger partial charge on any atom is 0.272 e. The van der Waals surface area contributed by atoms with Crippen LogP contribution in [-0.2, 0) is 11.2 Å². The van der Waals surface area contributed by atoms with Gasteiger partial charge in [0.2, 0.25) is 0 Å². The average Bonchev–Trinajstić information content (AvgIpc) is 2.61. The molecule has 0 aliphatic carbocycles. The molecular formula is C17H22N4O2. The lowest BCUT2D eigenvalue weighted by atomic mass is 10.2. The molecule has 2 heterocycles. The highest BCUT2D eigenvalue weighted by Gasteiger charge is 2.12. The zero-order valence-electron chi connectivity index (χ0n) is 13.5. The van der Waals surface area contributed by atoms with Crippen molar-refractivity contribution in [2.75, 3.05) is 39.2 Å². The SMILES string of the molecule is COCCNc1ccc(C(=O)N(C)CCc2ccncc2)nc1. The van der Waals surface area contributed by atoms with E-state index in [1.165, 1.54) is 0 Å². The Morgan fingerprint density at radius 3 is 2.70 bits per heavy atom. The second-order valence-corrected chi connectivity index (χ2v) is 5.18. The number of carbonyl (C=O) groups is 1. The summed E-state index contributed by atoms with van der Waals surface area (Å²) in [6.07, 6.45) is 5.98. The van der Waals surface area contributed by atoms with Gasteiger partial charge in [0.25, 0.3) is 5.91 Å². The minimum atomic E-state index is -0.0810. The molecule has 2 rings (SSSR count). The molecule has 1 amide bonds. The summed E-state index contributed by atoms with van der Waals surface area (Å²) in [6, 6.07) is 7.50. The van der Waals surface area contributed by atoms with Crippen LogP contribution in [0.3, 0.4) is 0 Å². The van der Waals surface area contributed by atoms with Crippen LogP contribution in [0.2, 0.25) is 0 Å². The van der Waals surface area contributed by atoms with Crippen molar-refractivity contribution in [3.8, 4) is 0 Å². The van der Waals surface area contributed by atoms with Crippen LogP contribution in [0.25, 0.3) is 0 Å². The third kappa shape index (κ3) is 5.34. The van der Waals surface area contributed by atoms with E-state index in [9.17, 15) is 4.79 Å². The summed E-state index contributed by atoms with van der Waals surface area (Å²) in [4.78, 5) is 22.2. The van der Waals surface area contributed by atoms with Gasteiger partial charge in [0.05, 0.1) is 18.5 Å². The van der Waals surface area contributed by atoms with Gasteiger partial charge < -0.3 is 15.0 Å². The zero-order valence-corrected chi connectivity index (χ0v) is 13.5. The third-order valence-corrected chi connectivity index (χ3v) is 3.45. The van der Waals surface area contributed by atoms with Crippen LogP contribution >= 0.6 is 0 Å². The van der Waals surface area contributed by atoms with Gasteiger partial charge in [-0.15, -0.1) is 0 Å². The first-order chi connectivity index (χ1) is 11.2. The first-order valence-corrected chi connectivity index (χ1v) is 7.54. The minimum Gasteiger partial charge on any atom is -0.383 e. The molecule has 122 valence electrons. The fraction of sp³-hybridized carbons (Fsp3) is 0.353. The zero-order chi connectivity index (χ0) is 16.5. The van der Waals surface area contributed by atoms with E-state index in [1.54, 1.807) is 43.7 Å². The largest absolute Gasteiger partial charge is 0.383 e. The minimum absolute atomic E-state index is 0.0810. The van der Waals surface area contributed by atoms with Crippen molar-refractivity contribution < 1.29 is 9.53 Å². The van der Waals surface area contributed by atoms with E-state index in [-0.39, 0.29) is 5.91 Å². The Bertz CT molecular complexity index is 602. The van der Waals surface area contributed by atoms with Gasteiger partial charge in [0.15, 0.2) is 0 Å². The Morgan fingerprint density at radius 2 is 2.04 bits per heavy atom. The number of pyridine rings is 2. The molecule has 0 unspecified atom stereocenters. The summed E-state index contributed by atoms with van der Waals surface area (Å²) in [5.41, 5.74) is 2.47. The van der Waals surface area contributed by atoms with Crippen molar-refractivity contribution in [3.05, 3.63) is 54.1 Å². The van der Waals surface area contributed by atoms with Crippen LogP contribution in [0.15, 0.2) is 42.9 Å². The second-order valence-electron chi connectivity index (χ2n) is 5.18. The van der Waals surface area contributed by atoms with Crippen LogP contribution in [0.4, 0.5) is 5.69 Å². The maximum atomic E-state index is 12.3. The first kappa shape index (κ1) is 16.9. The van der Waals surface area contributed by atoms with Gasteiger partial charge in [-0.3, -0.25) is 9.78 Å². The van der Waals surface area contributed by atoms with Gasteiger partial charge in [-0.2, -0.15) is 0 Å². The van der Waals surface area contributed by atoms with Crippen LogP contribution in [0.5, 0.6) is 0 Å². The van der Waals surface area contributed by atoms with Crippen molar-refractivity contribution in [1.29, 1.82) is 0 Å². The lowest BCUT2D eigenvalue weighted by Gasteiger charge is -2.17. The number of amides is 1. The molecule has 0 aliphatic rings. The highest BCUT2D eigenvalue weighted by atomic mass is 16.5. The monoisotopic (exact) mass is 314 g/mol. The predicted molar refractivity (Wildman–Crippen MR) is 89.5 cm³/mol. The van der Waals surface area contributed by atoms with Gasteiger partial charge in [-0.05, 0) is 36.2 Å². The van der Waals surface area contributed by atoms with E-state index in [1.807, 2.05) is 18.2 Å². The van der Waals surface area contributed by atoms with E-state index < -0.39 is 0 Å². The number of likely N-dealkylation sites (N-methyl/N-ethyl adjacent to an activating group) is 1. The molecule has 2 aromatic heterocycles. The van der Waals surface area contributed by atoms with Crippen molar-refractivity contribution in [3.63, 3.8) is 0 Å². The fourth-order valence-corrected chi connectivity index (χ4v) is 2.07. The molecule has 0 aromatic carbocycles. The molecule has 6 nitrogen and oxygen atoms in total. The first-order valence-electron chi connectivity index (χ1n) is 7.54. The number of rotatable bonds is 8. The molecule has 0 saturated heterocycles. The average molecular weight is 314 g/mol. The molecule has 2 aromatic rings. The number of methoxy groups -OCH3 is 1. The summed E-state index contributed by atoms with van der Waals surface area (Å²) >= 11 is 0. The van der Waals surface area contributed by atoms with E-state index in [2.05, 4.69) is 15.3 Å². The Balaban J connectivity index is 1.86. The molecule has 0 radical (unpaired) electrons. The molecule has 23 heavy (non-hydrogen) atoms. The Hall–Kier alpha value is -2.47. The van der Waals surface area contributed by atoms with E-state index in [0.717, 1.165) is 17.7 Å². The lowest BCUT2D eigenvalue weighted by molar-refractivity contribution is 0.0791. The number of carbonyl (C=O) groups excluding carboxylic acids is 1. The van der Waals surface area contributed by atoms with Crippen LogP contribution in [0, 0.1) is 0 Å². The summed E-state index contributed by atoms with van der Waals surface area (Å²) in [6.45, 7) is 1.97. The normalized spacial score (nSPS) is 10.3. The van der Waals surface area contributed by atoms with Crippen LogP contribution in [0.1, 0.15) is 16.1 Å². The van der Waals surface area contributed by atoms with E-state index >= 15 is 0 Å². The fourth-order valence-electron chi connectivity index (χ4n) is 2.07. The van der Waals surface area contributed by atoms with E-state index in [4.69, 9.17) is 4.74 Å². The molecule has 0 spiro atoms. The van der Waals surface area contributed by atoms with Gasteiger partial charge in [0.1, 0.15) is 5.69 Å². The molecule has 0 aliphatic heterocycles. The van der Waals surface area contributed by atoms with E-state index in [0.29, 0.717) is 25.4 Å². The Labute approximate surface area is 136 Å². The summed E-state index contributed by atoms with van der Waals surface area (Å²) in [5.74, 6) is -0.0810. The molecule has 0 fully saturated rings. The summed E-state index contributed by atoms with van der Waals surface area (Å²) < 4.78 is 4.97. The predicted octanol–water partition coefficient (Wildman–Crippen LogP) is 1.85. The molecule has 1 N–H and O–H groups in total. The molecule has 6 heteroatoms. The van der Waals surface area contributed by atoms with Gasteiger partial charge in [-0.1, -0.05) is 0 Å². The summed E-state index contributed by atoms with van der Waals surface area (Å²) in [7, 11) is 3.44. The lowest BCUT2D eigenvalue weighted by Crippen LogP contribution is -2.29. The quantitative estimate of drug-likeness (QED) is 0.753. The van der Waals surface area contributed by atoms with Gasteiger partial charge in [-0.25, -0.2) is 4.98 Å². The second kappa shape index (κ2) is 8.85. The summed E-state index contributed by atoms with van der Waals surface area (Å²) in [5, 5.41) is 3.17. The highest BCUT2D eigenvalue weighted by Crippen LogP contribution is 2.08. The topological polar surface area (TPSA) is 67.3 Å². The molecule has 0 atom stereocenters. The van der Waals surface area contributed by atoms with Crippen molar-refractivity contribution >= 4 is 11.6 Å². The number of anilines is 1. The Kier molecular flexibility index (Phi) is 6.50. The smallest absolute Gasteiger partial charge is 0.272 e. The number of hydrogen-bond donors (Lipinski definition) is 1. The Morgan fingerprint density at radius 1 is 1.26 bits per heavy atom. The van der Waals surface area contributed by atoms with Crippen molar-refractivity contribution in [2.24, 2.45) is 0 Å². The number of hydrogen-bond acceptors (Lipinski definition) is 5. The number of ether oxygens (including phenoxy) is 1. The molecular weight excluding hydrogens is 292 g/mol. The standard InChI is InChI=1S/C17H22N4O2/c1-21(11-7-14-5-8-18-9-6-14)17(22)16-4-3-15(13-20-16)19-10-12-23-2/h3-6,8-9,13,19H,7,10-12H2,1-2H3. The van der Waals surface area contributed by atoms with Gasteiger partial charge >= 0.3 is 0 Å². The van der Waals surface area contributed by atoms with Crippen molar-refractivity contribution in [1.82, 2.24) is 14.9 Å². The molecule has 0 saturated carbocycles. The van der Waals surface area contributed by atoms with Gasteiger partial charge in [0, 0.05) is 39.6 Å². The van der Waals surface area contributed by atoms with Crippen LogP contribution < -0.4 is 5.32 Å². The maximum absolute atomic E-state index is 12.3. The highest BCUT2D eigenvalue weighted by molar-refractivity contribution is 5.92. The van der Waals surface area contributed by atoms with Crippen molar-refractivity contribution in [2.45, 2.75) is 6.42 Å². The number of nitrogens with one attached hydrogen (secondary N) is 1. The van der Waals surface area contributed by atoms with Crippen LogP contribution in [-0.4, -0.2) is 54.6 Å². The number of aromatic nitrogens is 2. The number of nitrogens with zero attached hydrogens (tertiary/aromatic N) is 3. The third-order valence-electron chi connectivity index (χ3n) is 3.45.